The zero-order valence-electron chi connectivity index (χ0n) is 12.5. The van der Waals surface area contributed by atoms with E-state index >= 15 is 0 Å². The Morgan fingerprint density at radius 3 is 2.09 bits per heavy atom. The summed E-state index contributed by atoms with van der Waals surface area (Å²) in [5.74, 6) is -4.03. The van der Waals surface area contributed by atoms with Crippen LogP contribution in [0.4, 0.5) is 0 Å². The fraction of sp³-hybridized carbons (Fsp3) is 0.692. The van der Waals surface area contributed by atoms with Crippen LogP contribution >= 0.6 is 0 Å². The Labute approximate surface area is 128 Å². The van der Waals surface area contributed by atoms with Gasteiger partial charge in [-0.3, -0.25) is 19.2 Å². The molecule has 0 aromatic heterocycles. The maximum atomic E-state index is 11.9. The quantitative estimate of drug-likeness (QED) is 0.307. The molecule has 0 aromatic carbocycles. The average molecular weight is 317 g/mol. The number of unbranched alkanes of at least 4 members (excludes halogenated alkanes) is 2. The van der Waals surface area contributed by atoms with Crippen LogP contribution in [0.1, 0.15) is 39.0 Å². The van der Waals surface area contributed by atoms with Gasteiger partial charge < -0.3 is 26.6 Å². The normalized spacial score (nSPS) is 13.0. The van der Waals surface area contributed by atoms with Crippen molar-refractivity contribution in [3.8, 4) is 0 Å². The summed E-state index contributed by atoms with van der Waals surface area (Å²) in [7, 11) is 0. The van der Waals surface area contributed by atoms with Crippen molar-refractivity contribution in [2.24, 2.45) is 5.73 Å². The van der Waals surface area contributed by atoms with Crippen LogP contribution in [0.15, 0.2) is 0 Å². The molecule has 0 bridgehead atoms. The van der Waals surface area contributed by atoms with E-state index < -0.39 is 48.7 Å². The Balaban J connectivity index is 4.55. The molecule has 0 aliphatic rings. The molecular weight excluding hydrogens is 294 g/mol. The van der Waals surface area contributed by atoms with Crippen LogP contribution in [0.3, 0.4) is 0 Å². The van der Waals surface area contributed by atoms with E-state index in [1.54, 1.807) is 0 Å². The largest absolute Gasteiger partial charge is 0.481 e. The van der Waals surface area contributed by atoms with E-state index in [0.717, 1.165) is 19.3 Å². The molecule has 0 fully saturated rings. The minimum Gasteiger partial charge on any atom is -0.481 e. The van der Waals surface area contributed by atoms with Gasteiger partial charge in [0.05, 0.1) is 18.9 Å². The summed E-state index contributed by atoms with van der Waals surface area (Å²) in [6.45, 7) is 2.37. The molecule has 0 aliphatic heterocycles. The number of carbonyl (C=O) groups is 4. The molecule has 0 aliphatic carbocycles. The van der Waals surface area contributed by atoms with Gasteiger partial charge in [-0.05, 0) is 6.42 Å². The summed E-state index contributed by atoms with van der Waals surface area (Å²) in [6, 6.07) is -2.63. The lowest BCUT2D eigenvalue weighted by molar-refractivity contribution is -0.142. The first-order chi connectivity index (χ1) is 10.3. The van der Waals surface area contributed by atoms with Gasteiger partial charge in [-0.25, -0.2) is 0 Å². The van der Waals surface area contributed by atoms with E-state index in [-0.39, 0.29) is 0 Å². The molecule has 22 heavy (non-hydrogen) atoms. The number of amides is 2. The van der Waals surface area contributed by atoms with E-state index in [2.05, 4.69) is 10.6 Å². The lowest BCUT2D eigenvalue weighted by Crippen LogP contribution is -2.52. The third kappa shape index (κ3) is 8.90. The average Bonchev–Trinajstić information content (AvgIpc) is 2.41. The van der Waals surface area contributed by atoms with E-state index in [4.69, 9.17) is 15.9 Å². The van der Waals surface area contributed by atoms with Crippen molar-refractivity contribution in [2.75, 3.05) is 6.54 Å². The summed E-state index contributed by atoms with van der Waals surface area (Å²) in [6.07, 6.45) is 1.41. The lowest BCUT2D eigenvalue weighted by Gasteiger charge is -2.18. The van der Waals surface area contributed by atoms with Gasteiger partial charge in [0.2, 0.25) is 11.8 Å². The number of carboxylic acids is 2. The first kappa shape index (κ1) is 19.8. The molecular formula is C13H23N3O6. The van der Waals surface area contributed by atoms with E-state index in [1.165, 1.54) is 0 Å². The molecule has 0 heterocycles. The van der Waals surface area contributed by atoms with E-state index in [1.807, 2.05) is 6.92 Å². The number of nitrogens with two attached hydrogens (primary N) is 1. The molecule has 0 saturated heterocycles. The smallest absolute Gasteiger partial charge is 0.305 e. The Bertz CT molecular complexity index is 413. The van der Waals surface area contributed by atoms with Gasteiger partial charge in [-0.2, -0.15) is 0 Å². The fourth-order valence-electron chi connectivity index (χ4n) is 1.65. The minimum absolute atomic E-state index is 0.375. The second-order valence-corrected chi connectivity index (χ2v) is 4.86. The SMILES string of the molecule is CCCCCNC(=O)[C@H](CC(=O)O)NC(=O)[C@H](N)CC(=O)O. The van der Waals surface area contributed by atoms with Crippen LogP contribution in [0.2, 0.25) is 0 Å². The van der Waals surface area contributed by atoms with Crippen LogP contribution < -0.4 is 16.4 Å². The predicted molar refractivity (Wildman–Crippen MR) is 76.9 cm³/mol. The van der Waals surface area contributed by atoms with Crippen LogP contribution in [0.5, 0.6) is 0 Å². The lowest BCUT2D eigenvalue weighted by atomic mass is 10.1. The van der Waals surface area contributed by atoms with Crippen molar-refractivity contribution >= 4 is 23.8 Å². The maximum absolute atomic E-state index is 11.9. The monoisotopic (exact) mass is 317 g/mol. The van der Waals surface area contributed by atoms with E-state index in [9.17, 15) is 19.2 Å². The third-order valence-electron chi connectivity index (χ3n) is 2.82. The topological polar surface area (TPSA) is 159 Å². The minimum atomic E-state index is -1.35. The van der Waals surface area contributed by atoms with Crippen molar-refractivity contribution in [1.29, 1.82) is 0 Å². The Kier molecular flexibility index (Phi) is 9.51. The molecule has 2 atom stereocenters. The van der Waals surface area contributed by atoms with Crippen molar-refractivity contribution in [2.45, 2.75) is 51.1 Å². The number of nitrogens with one attached hydrogen (secondary N) is 2. The highest BCUT2D eigenvalue weighted by atomic mass is 16.4. The highest BCUT2D eigenvalue weighted by molar-refractivity contribution is 5.93. The summed E-state index contributed by atoms with van der Waals surface area (Å²) >= 11 is 0. The van der Waals surface area contributed by atoms with Crippen LogP contribution in [0.25, 0.3) is 0 Å². The zero-order chi connectivity index (χ0) is 17.1. The molecule has 6 N–H and O–H groups in total. The Morgan fingerprint density at radius 1 is 1.00 bits per heavy atom. The number of carbonyl (C=O) groups excluding carboxylic acids is 2. The molecule has 2 amide bonds. The van der Waals surface area contributed by atoms with Gasteiger partial charge in [0.25, 0.3) is 0 Å². The van der Waals surface area contributed by atoms with Crippen molar-refractivity contribution in [1.82, 2.24) is 10.6 Å². The summed E-state index contributed by atoms with van der Waals surface area (Å²) < 4.78 is 0. The van der Waals surface area contributed by atoms with E-state index in [0.29, 0.717) is 6.54 Å². The highest BCUT2D eigenvalue weighted by Gasteiger charge is 2.26. The van der Waals surface area contributed by atoms with Crippen LogP contribution in [-0.2, 0) is 19.2 Å². The standard InChI is InChI=1S/C13H23N3O6/c1-2-3-4-5-15-13(22)9(7-11(19)20)16-12(21)8(14)6-10(17)18/h8-9H,2-7,14H2,1H3,(H,15,22)(H,16,21)(H,17,18)(H,19,20)/t8-,9+/m1/s1. The van der Waals surface area contributed by atoms with Crippen LogP contribution in [0, 0.1) is 0 Å². The zero-order valence-corrected chi connectivity index (χ0v) is 12.5. The van der Waals surface area contributed by atoms with Gasteiger partial charge in [0.1, 0.15) is 6.04 Å². The number of aliphatic carboxylic acids is 2. The molecule has 126 valence electrons. The molecule has 0 saturated carbocycles. The van der Waals surface area contributed by atoms with Crippen LogP contribution in [-0.4, -0.2) is 52.6 Å². The van der Waals surface area contributed by atoms with Gasteiger partial charge in [-0.1, -0.05) is 19.8 Å². The molecule has 0 unspecified atom stereocenters. The van der Waals surface area contributed by atoms with Gasteiger partial charge >= 0.3 is 11.9 Å². The van der Waals surface area contributed by atoms with Gasteiger partial charge in [0.15, 0.2) is 0 Å². The first-order valence-corrected chi connectivity index (χ1v) is 7.05. The second kappa shape index (κ2) is 10.6. The van der Waals surface area contributed by atoms with Crippen molar-refractivity contribution < 1.29 is 29.4 Å². The summed E-state index contributed by atoms with van der Waals surface area (Å²) in [5.41, 5.74) is 5.37. The maximum Gasteiger partial charge on any atom is 0.305 e. The molecule has 0 rings (SSSR count). The van der Waals surface area contributed by atoms with Gasteiger partial charge in [0, 0.05) is 6.54 Å². The fourth-order valence-corrected chi connectivity index (χ4v) is 1.65. The van der Waals surface area contributed by atoms with Crippen molar-refractivity contribution in [3.05, 3.63) is 0 Å². The molecule has 0 radical (unpaired) electrons. The van der Waals surface area contributed by atoms with Crippen molar-refractivity contribution in [3.63, 3.8) is 0 Å². The Morgan fingerprint density at radius 2 is 1.59 bits per heavy atom. The number of hydrogen-bond acceptors (Lipinski definition) is 5. The summed E-state index contributed by atoms with van der Waals surface area (Å²) in [5, 5.41) is 22.0. The number of rotatable bonds is 11. The second-order valence-electron chi connectivity index (χ2n) is 4.86. The van der Waals surface area contributed by atoms with Gasteiger partial charge in [-0.15, -0.1) is 0 Å². The molecule has 9 heteroatoms. The number of hydrogen-bond donors (Lipinski definition) is 5. The highest BCUT2D eigenvalue weighted by Crippen LogP contribution is 1.98. The predicted octanol–water partition coefficient (Wildman–Crippen LogP) is -0.946. The number of carboxylic acid groups (broad SMARTS) is 2. The summed E-state index contributed by atoms with van der Waals surface area (Å²) in [4.78, 5) is 44.8. The first-order valence-electron chi connectivity index (χ1n) is 7.05. The Hall–Kier alpha value is -2.16. The molecule has 0 aromatic rings. The third-order valence-corrected chi connectivity index (χ3v) is 2.82. The molecule has 9 nitrogen and oxygen atoms in total. The molecule has 0 spiro atoms.